The number of hydrogen-bond donors (Lipinski definition) is 1. The summed E-state index contributed by atoms with van der Waals surface area (Å²) < 4.78 is 6.08. The molecule has 3 fully saturated rings. The van der Waals surface area contributed by atoms with E-state index in [9.17, 15) is 9.59 Å². The Morgan fingerprint density at radius 2 is 1.55 bits per heavy atom. The number of aliphatic carboxylic acids is 1. The number of piperidine rings is 1. The zero-order chi connectivity index (χ0) is 14.1. The van der Waals surface area contributed by atoms with Crippen molar-refractivity contribution in [1.82, 2.24) is 4.90 Å². The molecule has 5 heteroatoms. The van der Waals surface area contributed by atoms with E-state index < -0.39 is 11.9 Å². The molecule has 1 aliphatic heterocycles. The average molecular weight is 281 g/mol. The molecule has 2 atom stereocenters. The molecule has 1 amide bonds. The van der Waals surface area contributed by atoms with Crippen LogP contribution in [0.15, 0.2) is 0 Å². The Hall–Kier alpha value is -1.10. The lowest BCUT2D eigenvalue weighted by molar-refractivity contribution is -0.143. The first-order valence-electron chi connectivity index (χ1n) is 7.82. The van der Waals surface area contributed by atoms with E-state index in [-0.39, 0.29) is 17.9 Å². The van der Waals surface area contributed by atoms with E-state index in [1.165, 1.54) is 25.7 Å². The number of rotatable bonds is 4. The van der Waals surface area contributed by atoms with E-state index in [2.05, 4.69) is 0 Å². The fourth-order valence-electron chi connectivity index (χ4n) is 3.48. The summed E-state index contributed by atoms with van der Waals surface area (Å²) >= 11 is 0. The minimum absolute atomic E-state index is 0.0386. The van der Waals surface area contributed by atoms with Gasteiger partial charge in [0.25, 0.3) is 0 Å². The van der Waals surface area contributed by atoms with Gasteiger partial charge in [0.15, 0.2) is 0 Å². The largest absolute Gasteiger partial charge is 0.481 e. The zero-order valence-corrected chi connectivity index (χ0v) is 11.8. The van der Waals surface area contributed by atoms with Gasteiger partial charge in [0.1, 0.15) is 0 Å². The van der Waals surface area contributed by atoms with Crippen molar-refractivity contribution in [2.24, 2.45) is 11.8 Å². The van der Waals surface area contributed by atoms with Gasteiger partial charge >= 0.3 is 5.97 Å². The van der Waals surface area contributed by atoms with Crippen LogP contribution in [0.1, 0.15) is 44.9 Å². The van der Waals surface area contributed by atoms with Crippen molar-refractivity contribution in [3.63, 3.8) is 0 Å². The quantitative estimate of drug-likeness (QED) is 0.851. The number of hydrogen-bond acceptors (Lipinski definition) is 3. The lowest BCUT2D eigenvalue weighted by Gasteiger charge is -2.33. The molecule has 2 aliphatic carbocycles. The molecule has 1 heterocycles. The first-order valence-corrected chi connectivity index (χ1v) is 7.82. The number of amides is 1. The first kappa shape index (κ1) is 13.9. The van der Waals surface area contributed by atoms with E-state index in [0.717, 1.165) is 25.9 Å². The standard InChI is InChI=1S/C15H23NO4/c17-14(12-9-13(12)15(18)19)16-7-5-11(6-8-16)20-10-3-1-2-4-10/h10-13H,1-9H2,(H,18,19)/t12-,13+/m0/s1. The predicted molar refractivity (Wildman–Crippen MR) is 72.2 cm³/mol. The Labute approximate surface area is 119 Å². The minimum atomic E-state index is -0.831. The van der Waals surface area contributed by atoms with Gasteiger partial charge in [0.05, 0.1) is 24.0 Å². The van der Waals surface area contributed by atoms with Crippen molar-refractivity contribution in [3.05, 3.63) is 0 Å². The number of carboxylic acids is 1. The summed E-state index contributed by atoms with van der Waals surface area (Å²) in [5, 5.41) is 8.88. The summed E-state index contributed by atoms with van der Waals surface area (Å²) in [6, 6.07) is 0. The van der Waals surface area contributed by atoms with E-state index in [1.54, 1.807) is 0 Å². The third kappa shape index (κ3) is 2.97. The topological polar surface area (TPSA) is 66.8 Å². The highest BCUT2D eigenvalue weighted by atomic mass is 16.5. The number of likely N-dealkylation sites (tertiary alicyclic amines) is 1. The smallest absolute Gasteiger partial charge is 0.307 e. The Morgan fingerprint density at radius 3 is 2.10 bits per heavy atom. The van der Waals surface area contributed by atoms with Crippen LogP contribution in [0.25, 0.3) is 0 Å². The van der Waals surface area contributed by atoms with Crippen molar-refractivity contribution in [2.45, 2.75) is 57.2 Å². The summed E-state index contributed by atoms with van der Waals surface area (Å²) in [5.74, 6) is -1.49. The minimum Gasteiger partial charge on any atom is -0.481 e. The van der Waals surface area contributed by atoms with Crippen LogP contribution in [0, 0.1) is 11.8 Å². The molecule has 2 saturated carbocycles. The Kier molecular flexibility index (Phi) is 3.96. The molecule has 0 aromatic carbocycles. The van der Waals surface area contributed by atoms with Crippen LogP contribution in [0.5, 0.6) is 0 Å². The van der Waals surface area contributed by atoms with Crippen molar-refractivity contribution in [3.8, 4) is 0 Å². The maximum Gasteiger partial charge on any atom is 0.307 e. The average Bonchev–Trinajstić information content (AvgIpc) is 3.10. The summed E-state index contributed by atoms with van der Waals surface area (Å²) in [6.07, 6.45) is 7.95. The Bertz CT molecular complexity index is 383. The Morgan fingerprint density at radius 1 is 0.950 bits per heavy atom. The molecule has 5 nitrogen and oxygen atoms in total. The highest BCUT2D eigenvalue weighted by Crippen LogP contribution is 2.40. The summed E-state index contributed by atoms with van der Waals surface area (Å²) in [6.45, 7) is 1.44. The van der Waals surface area contributed by atoms with Crippen molar-refractivity contribution >= 4 is 11.9 Å². The van der Waals surface area contributed by atoms with Gasteiger partial charge < -0.3 is 14.7 Å². The molecular formula is C15H23NO4. The van der Waals surface area contributed by atoms with Gasteiger partial charge in [-0.1, -0.05) is 12.8 Å². The van der Waals surface area contributed by atoms with Gasteiger partial charge in [0.2, 0.25) is 5.91 Å². The van der Waals surface area contributed by atoms with Gasteiger partial charge in [-0.15, -0.1) is 0 Å². The van der Waals surface area contributed by atoms with Gasteiger partial charge in [-0.2, -0.15) is 0 Å². The first-order chi connectivity index (χ1) is 9.65. The van der Waals surface area contributed by atoms with Crippen LogP contribution >= 0.6 is 0 Å². The van der Waals surface area contributed by atoms with Gasteiger partial charge in [0, 0.05) is 13.1 Å². The van der Waals surface area contributed by atoms with Gasteiger partial charge in [-0.05, 0) is 32.1 Å². The molecule has 0 spiro atoms. The van der Waals surface area contributed by atoms with Gasteiger partial charge in [-0.25, -0.2) is 0 Å². The maximum absolute atomic E-state index is 12.1. The third-order valence-corrected chi connectivity index (χ3v) is 4.87. The molecule has 0 aromatic heterocycles. The van der Waals surface area contributed by atoms with Crippen LogP contribution in [-0.2, 0) is 14.3 Å². The molecule has 3 aliphatic rings. The van der Waals surface area contributed by atoms with Crippen molar-refractivity contribution < 1.29 is 19.4 Å². The maximum atomic E-state index is 12.1. The van der Waals surface area contributed by atoms with E-state index in [1.807, 2.05) is 4.90 Å². The fraction of sp³-hybridized carbons (Fsp3) is 0.867. The molecule has 3 rings (SSSR count). The molecule has 20 heavy (non-hydrogen) atoms. The van der Waals surface area contributed by atoms with Crippen LogP contribution in [-0.4, -0.2) is 47.2 Å². The number of carboxylic acid groups (broad SMARTS) is 1. The molecule has 0 aromatic rings. The number of carbonyl (C=O) groups excluding carboxylic acids is 1. The van der Waals surface area contributed by atoms with Crippen LogP contribution in [0.3, 0.4) is 0 Å². The molecule has 0 bridgehead atoms. The van der Waals surface area contributed by atoms with Crippen molar-refractivity contribution in [2.75, 3.05) is 13.1 Å². The third-order valence-electron chi connectivity index (χ3n) is 4.87. The second-order valence-corrected chi connectivity index (χ2v) is 6.35. The second kappa shape index (κ2) is 5.72. The van der Waals surface area contributed by atoms with Crippen LogP contribution in [0.4, 0.5) is 0 Å². The van der Waals surface area contributed by atoms with E-state index >= 15 is 0 Å². The fourth-order valence-corrected chi connectivity index (χ4v) is 3.48. The van der Waals surface area contributed by atoms with Crippen LogP contribution in [0.2, 0.25) is 0 Å². The van der Waals surface area contributed by atoms with Gasteiger partial charge in [-0.3, -0.25) is 9.59 Å². The zero-order valence-electron chi connectivity index (χ0n) is 11.8. The SMILES string of the molecule is O=C(O)[C@@H]1C[C@@H]1C(=O)N1CCC(OC2CCCC2)CC1. The molecule has 1 N–H and O–H groups in total. The monoisotopic (exact) mass is 281 g/mol. The number of nitrogens with zero attached hydrogens (tertiary/aromatic N) is 1. The number of carbonyl (C=O) groups is 2. The predicted octanol–water partition coefficient (Wildman–Crippen LogP) is 1.66. The summed E-state index contributed by atoms with van der Waals surface area (Å²) in [4.78, 5) is 24.8. The van der Waals surface area contributed by atoms with Crippen LogP contribution < -0.4 is 0 Å². The van der Waals surface area contributed by atoms with E-state index in [0.29, 0.717) is 12.5 Å². The second-order valence-electron chi connectivity index (χ2n) is 6.35. The normalized spacial score (nSPS) is 31.5. The highest BCUT2D eigenvalue weighted by Gasteiger charge is 2.50. The van der Waals surface area contributed by atoms with Crippen molar-refractivity contribution in [1.29, 1.82) is 0 Å². The summed E-state index contributed by atoms with van der Waals surface area (Å²) in [7, 11) is 0. The Balaban J connectivity index is 1.42. The lowest BCUT2D eigenvalue weighted by Crippen LogP contribution is -2.42. The molecule has 1 saturated heterocycles. The number of ether oxygens (including phenoxy) is 1. The highest BCUT2D eigenvalue weighted by molar-refractivity contribution is 5.89. The molecule has 112 valence electrons. The molecule has 0 radical (unpaired) electrons. The van der Waals surface area contributed by atoms with E-state index in [4.69, 9.17) is 9.84 Å². The summed E-state index contributed by atoms with van der Waals surface area (Å²) in [5.41, 5.74) is 0. The molecular weight excluding hydrogens is 258 g/mol. The molecule has 0 unspecified atom stereocenters. The lowest BCUT2D eigenvalue weighted by atomic mass is 10.1.